The van der Waals surface area contributed by atoms with Gasteiger partial charge in [0.2, 0.25) is 0 Å². The lowest BCUT2D eigenvalue weighted by Crippen LogP contribution is -2.27. The van der Waals surface area contributed by atoms with Gasteiger partial charge in [-0.15, -0.1) is 0 Å². The van der Waals surface area contributed by atoms with Crippen LogP contribution in [-0.2, 0) is 9.59 Å². The van der Waals surface area contributed by atoms with Gasteiger partial charge in [-0.2, -0.15) is 9.46 Å². The van der Waals surface area contributed by atoms with Crippen molar-refractivity contribution in [2.24, 2.45) is 11.5 Å². The molecule has 2 aromatic rings. The predicted octanol–water partition coefficient (Wildman–Crippen LogP) is -2.63. The number of primary amides is 2. The molecule has 12 nitrogen and oxygen atoms in total. The summed E-state index contributed by atoms with van der Waals surface area (Å²) in [5, 5.41) is 0. The molecule has 2 heterocycles. The van der Waals surface area contributed by atoms with E-state index in [1.54, 1.807) is 0 Å². The maximum atomic E-state index is 11.7. The highest BCUT2D eigenvalue weighted by Crippen LogP contribution is 1.92. The number of aromatic nitrogens is 2. The maximum Gasteiger partial charge on any atom is 0.356 e. The van der Waals surface area contributed by atoms with Crippen LogP contribution in [0.15, 0.2) is 58.7 Å². The van der Waals surface area contributed by atoms with E-state index in [2.05, 4.69) is 0 Å². The molecule has 0 spiro atoms. The summed E-state index contributed by atoms with van der Waals surface area (Å²) in [5.74, 6) is -4.11. The third-order valence-electron chi connectivity index (χ3n) is 3.07. The smallest absolute Gasteiger partial charge is 0.356 e. The van der Waals surface area contributed by atoms with E-state index in [1.807, 2.05) is 0 Å². The molecule has 0 saturated heterocycles. The molecular weight excluding hydrogens is 376 g/mol. The van der Waals surface area contributed by atoms with Crippen molar-refractivity contribution in [3.05, 3.63) is 80.6 Å². The number of hydrogen-bond donors (Lipinski definition) is 2. The van der Waals surface area contributed by atoms with Crippen LogP contribution in [0.5, 0.6) is 0 Å². The topological polar surface area (TPSA) is 183 Å². The predicted molar refractivity (Wildman–Crippen MR) is 90.8 cm³/mol. The summed E-state index contributed by atoms with van der Waals surface area (Å²) < 4.78 is 1.50. The van der Waals surface area contributed by atoms with E-state index in [0.29, 0.717) is 12.2 Å². The monoisotopic (exact) mass is 388 g/mol. The van der Waals surface area contributed by atoms with E-state index < -0.39 is 45.7 Å². The fourth-order valence-corrected chi connectivity index (χ4v) is 1.82. The van der Waals surface area contributed by atoms with Gasteiger partial charge >= 0.3 is 11.9 Å². The highest BCUT2D eigenvalue weighted by atomic mass is 16.7. The zero-order valence-corrected chi connectivity index (χ0v) is 13.9. The van der Waals surface area contributed by atoms with Crippen molar-refractivity contribution in [1.29, 1.82) is 0 Å². The minimum absolute atomic E-state index is 0.401. The Kier molecular flexibility index (Phi) is 5.86. The first kappa shape index (κ1) is 19.8. The molecule has 0 atom stereocenters. The molecule has 2 rings (SSSR count). The lowest BCUT2D eigenvalue weighted by molar-refractivity contribution is -0.141. The van der Waals surface area contributed by atoms with Crippen molar-refractivity contribution in [3.8, 4) is 0 Å². The summed E-state index contributed by atoms with van der Waals surface area (Å²) >= 11 is 0. The van der Waals surface area contributed by atoms with Crippen LogP contribution in [-0.4, -0.2) is 33.2 Å². The molecule has 4 N–H and O–H groups in total. The van der Waals surface area contributed by atoms with E-state index >= 15 is 0 Å². The third-order valence-corrected chi connectivity index (χ3v) is 3.07. The van der Waals surface area contributed by atoms with Gasteiger partial charge in [0.05, 0.1) is 12.4 Å². The Balaban J connectivity index is 2.03. The van der Waals surface area contributed by atoms with Crippen molar-refractivity contribution in [1.82, 2.24) is 9.46 Å². The lowest BCUT2D eigenvalue weighted by atomic mass is 10.3. The fraction of sp³-hybridized carbons (Fsp3) is 0. The molecule has 0 radical (unpaired) electrons. The van der Waals surface area contributed by atoms with Crippen molar-refractivity contribution >= 4 is 23.8 Å². The van der Waals surface area contributed by atoms with Gasteiger partial charge in [-0.25, -0.2) is 9.59 Å². The molecule has 0 aliphatic carbocycles. The highest BCUT2D eigenvalue weighted by Gasteiger charge is 2.10. The van der Waals surface area contributed by atoms with Crippen molar-refractivity contribution in [2.75, 3.05) is 0 Å². The van der Waals surface area contributed by atoms with Crippen molar-refractivity contribution in [3.63, 3.8) is 0 Å². The van der Waals surface area contributed by atoms with Gasteiger partial charge < -0.3 is 21.1 Å². The number of nitrogens with zero attached hydrogens (tertiary/aromatic N) is 2. The van der Waals surface area contributed by atoms with Crippen LogP contribution in [0, 0.1) is 0 Å². The Bertz CT molecular complexity index is 1020. The molecule has 0 bridgehead atoms. The number of pyridine rings is 2. The molecule has 0 aliphatic rings. The third kappa shape index (κ3) is 5.01. The maximum absolute atomic E-state index is 11.7. The average Bonchev–Trinajstić information content (AvgIpc) is 2.62. The Morgan fingerprint density at radius 1 is 0.750 bits per heavy atom. The second-order valence-electron chi connectivity index (χ2n) is 5.05. The highest BCUT2D eigenvalue weighted by molar-refractivity contribution is 5.93. The van der Waals surface area contributed by atoms with Crippen LogP contribution >= 0.6 is 0 Å². The molecule has 0 unspecified atom stereocenters. The average molecular weight is 388 g/mol. The van der Waals surface area contributed by atoms with Crippen molar-refractivity contribution < 1.29 is 28.9 Å². The Hall–Kier alpha value is -4.48. The first-order chi connectivity index (χ1) is 13.2. The summed E-state index contributed by atoms with van der Waals surface area (Å²) in [4.78, 5) is 77.8. The first-order valence-electron chi connectivity index (χ1n) is 7.34. The van der Waals surface area contributed by atoms with Crippen LogP contribution in [0.4, 0.5) is 0 Å². The first-order valence-corrected chi connectivity index (χ1v) is 7.34. The normalized spacial score (nSPS) is 10.4. The summed E-state index contributed by atoms with van der Waals surface area (Å²) in [6, 6.07) is 1.91. The van der Waals surface area contributed by atoms with Crippen LogP contribution in [0.25, 0.3) is 0 Å². The number of amides is 2. The van der Waals surface area contributed by atoms with Gasteiger partial charge in [-0.1, -0.05) is 0 Å². The van der Waals surface area contributed by atoms with Gasteiger partial charge in [-0.05, 0) is 0 Å². The number of carbonyl (C=O) groups excluding carboxylic acids is 4. The molecule has 0 aliphatic heterocycles. The van der Waals surface area contributed by atoms with Gasteiger partial charge in [0, 0.05) is 36.7 Å². The molecule has 2 aromatic heterocycles. The lowest BCUT2D eigenvalue weighted by Gasteiger charge is -2.06. The minimum atomic E-state index is -1.05. The van der Waals surface area contributed by atoms with E-state index in [-0.39, 0.29) is 0 Å². The zero-order chi connectivity index (χ0) is 20.8. The van der Waals surface area contributed by atoms with E-state index in [4.69, 9.17) is 21.1 Å². The zero-order valence-electron chi connectivity index (χ0n) is 13.9. The molecule has 144 valence electrons. The van der Waals surface area contributed by atoms with Crippen LogP contribution < -0.4 is 32.0 Å². The summed E-state index contributed by atoms with van der Waals surface area (Å²) in [7, 11) is 0. The van der Waals surface area contributed by atoms with Crippen LogP contribution in [0.3, 0.4) is 0 Å². The molecule has 2 amide bonds. The van der Waals surface area contributed by atoms with Crippen molar-refractivity contribution in [2.45, 2.75) is 0 Å². The SMILES string of the molecule is NC(=O)c1cn(OC(=O)/C=C\C(=O)On2ccc(=O)c(C(N)=O)c2)ccc1=O. The second kappa shape index (κ2) is 8.27. The standard InChI is InChI=1S/C16H12N4O8/c17-15(25)9-7-19(5-3-11(9)21)27-13(23)1-2-14(24)28-20-6-4-12(22)10(8-20)16(18)26/h1-8H,(H2,17,25)(H2,18,26)/b2-1-. The number of rotatable bonds is 6. The number of hydrogen-bond acceptors (Lipinski definition) is 8. The van der Waals surface area contributed by atoms with E-state index in [0.717, 1.165) is 46.4 Å². The molecule has 0 fully saturated rings. The Morgan fingerprint density at radius 2 is 1.11 bits per heavy atom. The van der Waals surface area contributed by atoms with Gasteiger partial charge in [0.25, 0.3) is 11.8 Å². The molecule has 12 heteroatoms. The Morgan fingerprint density at radius 3 is 1.43 bits per heavy atom. The molecule has 28 heavy (non-hydrogen) atoms. The van der Waals surface area contributed by atoms with Crippen LogP contribution in [0.2, 0.25) is 0 Å². The Labute approximate surface area is 155 Å². The minimum Gasteiger partial charge on any atom is -0.365 e. The van der Waals surface area contributed by atoms with Crippen LogP contribution in [0.1, 0.15) is 20.7 Å². The number of nitrogens with two attached hydrogens (primary N) is 2. The molecule has 0 aromatic carbocycles. The summed E-state index contributed by atoms with van der Waals surface area (Å²) in [6.07, 6.45) is 5.32. The summed E-state index contributed by atoms with van der Waals surface area (Å²) in [5.41, 5.74) is 7.90. The van der Waals surface area contributed by atoms with E-state index in [1.165, 1.54) is 0 Å². The quantitative estimate of drug-likeness (QED) is 0.504. The number of carbonyl (C=O) groups is 4. The van der Waals surface area contributed by atoms with Gasteiger partial charge in [0.1, 0.15) is 11.1 Å². The largest absolute Gasteiger partial charge is 0.365 e. The fourth-order valence-electron chi connectivity index (χ4n) is 1.82. The molecular formula is C16H12N4O8. The second-order valence-corrected chi connectivity index (χ2v) is 5.05. The summed E-state index contributed by atoms with van der Waals surface area (Å²) in [6.45, 7) is 0. The van der Waals surface area contributed by atoms with Gasteiger partial charge in [-0.3, -0.25) is 19.2 Å². The molecule has 0 saturated carbocycles. The van der Waals surface area contributed by atoms with Gasteiger partial charge in [0.15, 0.2) is 10.9 Å². The van der Waals surface area contributed by atoms with E-state index in [9.17, 15) is 28.8 Å².